The van der Waals surface area contributed by atoms with E-state index in [1.165, 1.54) is 11.4 Å². The van der Waals surface area contributed by atoms with Crippen LogP contribution in [0.25, 0.3) is 0 Å². The van der Waals surface area contributed by atoms with E-state index in [9.17, 15) is 8.42 Å². The van der Waals surface area contributed by atoms with Gasteiger partial charge in [0, 0.05) is 19.5 Å². The quantitative estimate of drug-likeness (QED) is 0.636. The number of nitrogens with zero attached hydrogens (tertiary/aromatic N) is 1. The van der Waals surface area contributed by atoms with Gasteiger partial charge in [0.2, 0.25) is 10.0 Å². The van der Waals surface area contributed by atoms with Crippen molar-refractivity contribution < 1.29 is 8.42 Å². The van der Waals surface area contributed by atoms with Crippen molar-refractivity contribution in [3.8, 4) is 0 Å². The molecule has 0 saturated heterocycles. The Hall–Kier alpha value is -1.40. The van der Waals surface area contributed by atoms with E-state index in [0.29, 0.717) is 10.5 Å². The summed E-state index contributed by atoms with van der Waals surface area (Å²) in [5.41, 5.74) is 6.94. The van der Waals surface area contributed by atoms with Crippen LogP contribution in [0.3, 0.4) is 0 Å². The summed E-state index contributed by atoms with van der Waals surface area (Å²) < 4.78 is 26.4. The number of nitrogens with two attached hydrogens (primary N) is 1. The van der Waals surface area contributed by atoms with Crippen molar-refractivity contribution in [2.24, 2.45) is 5.73 Å². The number of rotatable bonds is 5. The molecule has 0 spiro atoms. The molecule has 1 unspecified atom stereocenters. The van der Waals surface area contributed by atoms with Crippen molar-refractivity contribution in [3.05, 3.63) is 29.3 Å². The van der Waals surface area contributed by atoms with Crippen LogP contribution in [0.2, 0.25) is 0 Å². The van der Waals surface area contributed by atoms with Crippen LogP contribution in [0.1, 0.15) is 24.5 Å². The summed E-state index contributed by atoms with van der Waals surface area (Å²) in [6.45, 7) is 5.37. The third kappa shape index (κ3) is 3.54. The normalized spacial score (nSPS) is 13.5. The molecule has 0 bridgehead atoms. The number of benzene rings is 1. The van der Waals surface area contributed by atoms with E-state index in [0.717, 1.165) is 5.56 Å². The van der Waals surface area contributed by atoms with Gasteiger partial charge in [0.15, 0.2) is 0 Å². The SMILES string of the molecule is Cc1ccc(C)c(S(=O)(=O)N(C)C(C)CC(=N)N)c1. The first kappa shape index (κ1) is 15.7. The Morgan fingerprint density at radius 2 is 2.00 bits per heavy atom. The second-order valence-electron chi connectivity index (χ2n) is 4.87. The van der Waals surface area contributed by atoms with Crippen LogP contribution in [-0.2, 0) is 10.0 Å². The third-order valence-electron chi connectivity index (χ3n) is 3.14. The fourth-order valence-corrected chi connectivity index (χ4v) is 3.49. The predicted octanol–water partition coefficient (Wildman–Crippen LogP) is 1.64. The average Bonchev–Trinajstić information content (AvgIpc) is 2.30. The van der Waals surface area contributed by atoms with E-state index in [1.54, 1.807) is 26.0 Å². The molecule has 0 radical (unpaired) electrons. The first-order valence-electron chi connectivity index (χ1n) is 6.04. The Bertz CT molecular complexity index is 582. The number of aryl methyl sites for hydroxylation is 2. The summed E-state index contributed by atoms with van der Waals surface area (Å²) >= 11 is 0. The second kappa shape index (κ2) is 5.71. The average molecular weight is 283 g/mol. The molecular formula is C13H21N3O2S. The summed E-state index contributed by atoms with van der Waals surface area (Å²) in [7, 11) is -2.04. The van der Waals surface area contributed by atoms with E-state index in [4.69, 9.17) is 11.1 Å². The van der Waals surface area contributed by atoms with Crippen molar-refractivity contribution >= 4 is 15.9 Å². The van der Waals surface area contributed by atoms with Gasteiger partial charge in [-0.05, 0) is 38.0 Å². The van der Waals surface area contributed by atoms with Crippen LogP contribution in [0, 0.1) is 19.3 Å². The van der Waals surface area contributed by atoms with Gasteiger partial charge >= 0.3 is 0 Å². The topological polar surface area (TPSA) is 87.2 Å². The zero-order valence-corrected chi connectivity index (χ0v) is 12.6. The van der Waals surface area contributed by atoms with Crippen molar-refractivity contribution in [3.63, 3.8) is 0 Å². The number of sulfonamides is 1. The summed E-state index contributed by atoms with van der Waals surface area (Å²) in [5, 5.41) is 7.26. The van der Waals surface area contributed by atoms with Crippen molar-refractivity contribution in [1.29, 1.82) is 5.41 Å². The minimum Gasteiger partial charge on any atom is -0.388 e. The number of hydrogen-bond acceptors (Lipinski definition) is 3. The molecule has 1 atom stereocenters. The number of hydrogen-bond donors (Lipinski definition) is 2. The van der Waals surface area contributed by atoms with Crippen LogP contribution in [0.5, 0.6) is 0 Å². The highest BCUT2D eigenvalue weighted by atomic mass is 32.2. The second-order valence-corrected chi connectivity index (χ2v) is 6.83. The lowest BCUT2D eigenvalue weighted by Crippen LogP contribution is -2.37. The van der Waals surface area contributed by atoms with Crippen molar-refractivity contribution in [1.82, 2.24) is 4.31 Å². The summed E-state index contributed by atoms with van der Waals surface area (Å²) in [5.74, 6) is -0.0180. The fraction of sp³-hybridized carbons (Fsp3) is 0.462. The highest BCUT2D eigenvalue weighted by Crippen LogP contribution is 2.22. The smallest absolute Gasteiger partial charge is 0.243 e. The number of nitrogens with one attached hydrogen (secondary N) is 1. The molecule has 0 aliphatic carbocycles. The number of amidine groups is 1. The van der Waals surface area contributed by atoms with Crippen molar-refractivity contribution in [2.75, 3.05) is 7.05 Å². The van der Waals surface area contributed by atoms with Crippen molar-refractivity contribution in [2.45, 2.75) is 38.1 Å². The minimum atomic E-state index is -3.56. The molecule has 0 heterocycles. The van der Waals surface area contributed by atoms with Gasteiger partial charge in [-0.3, -0.25) is 5.41 Å². The molecule has 5 nitrogen and oxygen atoms in total. The van der Waals surface area contributed by atoms with E-state index in [2.05, 4.69) is 0 Å². The maximum absolute atomic E-state index is 12.5. The van der Waals surface area contributed by atoms with E-state index in [-0.39, 0.29) is 18.3 Å². The highest BCUT2D eigenvalue weighted by Gasteiger charge is 2.27. The van der Waals surface area contributed by atoms with E-state index >= 15 is 0 Å². The zero-order valence-electron chi connectivity index (χ0n) is 11.8. The third-order valence-corrected chi connectivity index (χ3v) is 5.25. The van der Waals surface area contributed by atoms with E-state index < -0.39 is 10.0 Å². The predicted molar refractivity (Wildman–Crippen MR) is 76.9 cm³/mol. The molecule has 0 aliphatic rings. The summed E-state index contributed by atoms with van der Waals surface area (Å²) in [6.07, 6.45) is 0.223. The Labute approximate surface area is 115 Å². The van der Waals surface area contributed by atoms with Gasteiger partial charge in [0.05, 0.1) is 10.7 Å². The van der Waals surface area contributed by atoms with Gasteiger partial charge in [-0.15, -0.1) is 0 Å². The molecule has 0 fully saturated rings. The van der Waals surface area contributed by atoms with Crippen LogP contribution in [0.4, 0.5) is 0 Å². The molecule has 6 heteroatoms. The first-order valence-corrected chi connectivity index (χ1v) is 7.48. The molecule has 1 aromatic rings. The molecule has 19 heavy (non-hydrogen) atoms. The molecule has 3 N–H and O–H groups in total. The zero-order chi connectivity index (χ0) is 14.8. The maximum Gasteiger partial charge on any atom is 0.243 e. The molecule has 0 aliphatic heterocycles. The monoisotopic (exact) mass is 283 g/mol. The molecule has 0 amide bonds. The molecule has 106 valence electrons. The molecule has 1 rings (SSSR count). The van der Waals surface area contributed by atoms with Gasteiger partial charge < -0.3 is 5.73 Å². The molecule has 0 aromatic heterocycles. The van der Waals surface area contributed by atoms with Gasteiger partial charge in [-0.1, -0.05) is 12.1 Å². The maximum atomic E-state index is 12.5. The minimum absolute atomic E-state index is 0.0180. The van der Waals surface area contributed by atoms with Gasteiger partial charge in [-0.2, -0.15) is 4.31 Å². The summed E-state index contributed by atoms with van der Waals surface area (Å²) in [6, 6.07) is 5.00. The molecule has 0 saturated carbocycles. The Kier molecular flexibility index (Phi) is 4.70. The summed E-state index contributed by atoms with van der Waals surface area (Å²) in [4.78, 5) is 0.311. The van der Waals surface area contributed by atoms with Crippen LogP contribution in [0.15, 0.2) is 23.1 Å². The van der Waals surface area contributed by atoms with Gasteiger partial charge in [0.25, 0.3) is 0 Å². The fourth-order valence-electron chi connectivity index (χ4n) is 1.82. The highest BCUT2D eigenvalue weighted by molar-refractivity contribution is 7.89. The Morgan fingerprint density at radius 1 is 1.42 bits per heavy atom. The van der Waals surface area contributed by atoms with Crippen LogP contribution in [-0.4, -0.2) is 31.6 Å². The van der Waals surface area contributed by atoms with Gasteiger partial charge in [0.1, 0.15) is 0 Å². The van der Waals surface area contributed by atoms with Crippen LogP contribution < -0.4 is 5.73 Å². The standard InChI is InChI=1S/C13H21N3O2S/c1-9-5-6-10(2)12(7-9)19(17,18)16(4)11(3)8-13(14)15/h5-7,11H,8H2,1-4H3,(H3,14,15). The largest absolute Gasteiger partial charge is 0.388 e. The molecular weight excluding hydrogens is 262 g/mol. The van der Waals surface area contributed by atoms with Gasteiger partial charge in [-0.25, -0.2) is 8.42 Å². The van der Waals surface area contributed by atoms with Crippen LogP contribution >= 0.6 is 0 Å². The molecule has 1 aromatic carbocycles. The lowest BCUT2D eigenvalue weighted by molar-refractivity contribution is 0.395. The Morgan fingerprint density at radius 3 is 2.53 bits per heavy atom. The lowest BCUT2D eigenvalue weighted by Gasteiger charge is -2.24. The van der Waals surface area contributed by atoms with E-state index in [1.807, 2.05) is 13.0 Å². The first-order chi connectivity index (χ1) is 8.66. The lowest BCUT2D eigenvalue weighted by atomic mass is 10.2. The Balaban J connectivity index is 3.16.